The third-order valence-corrected chi connectivity index (χ3v) is 3.40. The van der Waals surface area contributed by atoms with E-state index in [0.29, 0.717) is 16.5 Å². The molecule has 0 amide bonds. The first-order valence-corrected chi connectivity index (χ1v) is 7.26. The van der Waals surface area contributed by atoms with Crippen LogP contribution in [0.2, 0.25) is 5.02 Å². The molecule has 0 saturated heterocycles. The molecule has 0 bridgehead atoms. The van der Waals surface area contributed by atoms with Crippen molar-refractivity contribution in [2.45, 2.75) is 6.61 Å². The quantitative estimate of drug-likeness (QED) is 0.735. The number of halogens is 2. The lowest BCUT2D eigenvalue weighted by Gasteiger charge is -2.08. The fraction of sp³-hybridized carbons (Fsp3) is 0.0625. The van der Waals surface area contributed by atoms with E-state index >= 15 is 0 Å². The van der Waals surface area contributed by atoms with E-state index in [9.17, 15) is 14.0 Å². The maximum atomic E-state index is 12.9. The van der Waals surface area contributed by atoms with Gasteiger partial charge in [0, 0.05) is 18.5 Å². The lowest BCUT2D eigenvalue weighted by molar-refractivity contribution is 0.300. The second kappa shape index (κ2) is 6.67. The summed E-state index contributed by atoms with van der Waals surface area (Å²) in [5.74, 6) is -0.446. The first-order valence-electron chi connectivity index (χ1n) is 6.88. The minimum Gasteiger partial charge on any atom is -0.487 e. The number of nitrogens with one attached hydrogen (secondary N) is 1. The van der Waals surface area contributed by atoms with Crippen molar-refractivity contribution in [1.82, 2.24) is 14.5 Å². The Bertz CT molecular complexity index is 983. The molecule has 0 aliphatic rings. The molecule has 0 aliphatic carbocycles. The Hall–Kier alpha value is -2.93. The smallest absolute Gasteiger partial charge is 0.274 e. The Labute approximate surface area is 140 Å². The second-order valence-corrected chi connectivity index (χ2v) is 5.28. The summed E-state index contributed by atoms with van der Waals surface area (Å²) < 4.78 is 19.5. The van der Waals surface area contributed by atoms with Gasteiger partial charge in [-0.25, -0.2) is 0 Å². The van der Waals surface area contributed by atoms with Gasteiger partial charge >= 0.3 is 0 Å². The average Bonchev–Trinajstić information content (AvgIpc) is 2.55. The van der Waals surface area contributed by atoms with E-state index in [4.69, 9.17) is 16.3 Å². The summed E-state index contributed by atoms with van der Waals surface area (Å²) in [6.07, 6.45) is 2.88. The molecule has 3 rings (SSSR count). The summed E-state index contributed by atoms with van der Waals surface area (Å²) in [6.45, 7) is 0.164. The van der Waals surface area contributed by atoms with Crippen molar-refractivity contribution in [2.24, 2.45) is 0 Å². The van der Waals surface area contributed by atoms with Gasteiger partial charge in [-0.2, -0.15) is 4.39 Å². The topological polar surface area (TPSA) is 77.0 Å². The Balaban J connectivity index is 1.81. The monoisotopic (exact) mass is 347 g/mol. The Morgan fingerprint density at radius 2 is 2.04 bits per heavy atom. The van der Waals surface area contributed by atoms with Gasteiger partial charge < -0.3 is 4.74 Å². The lowest BCUT2D eigenvalue weighted by Crippen LogP contribution is -2.24. The molecule has 0 saturated carbocycles. The maximum absolute atomic E-state index is 12.9. The molecule has 24 heavy (non-hydrogen) atoms. The van der Waals surface area contributed by atoms with E-state index in [1.54, 1.807) is 12.1 Å². The largest absolute Gasteiger partial charge is 0.487 e. The predicted octanol–water partition coefficient (Wildman–Crippen LogP) is 2.29. The zero-order valence-electron chi connectivity index (χ0n) is 12.2. The van der Waals surface area contributed by atoms with Crippen LogP contribution in [0.3, 0.4) is 0 Å². The molecule has 3 heterocycles. The number of pyridine rings is 3. The van der Waals surface area contributed by atoms with Gasteiger partial charge in [-0.1, -0.05) is 11.6 Å². The van der Waals surface area contributed by atoms with E-state index in [-0.39, 0.29) is 12.3 Å². The van der Waals surface area contributed by atoms with Gasteiger partial charge in [-0.15, -0.1) is 0 Å². The maximum Gasteiger partial charge on any atom is 0.274 e. The van der Waals surface area contributed by atoms with Crippen LogP contribution < -0.4 is 15.9 Å². The number of aromatic nitrogens is 3. The number of ether oxygens (including phenoxy) is 1. The number of aromatic amines is 1. The predicted molar refractivity (Wildman–Crippen MR) is 86.2 cm³/mol. The molecule has 6 nitrogen and oxygen atoms in total. The summed E-state index contributed by atoms with van der Waals surface area (Å²) in [6, 6.07) is 8.46. The Morgan fingerprint density at radius 3 is 2.71 bits per heavy atom. The van der Waals surface area contributed by atoms with Crippen LogP contribution in [0.5, 0.6) is 5.75 Å². The number of hydrogen-bond donors (Lipinski definition) is 1. The van der Waals surface area contributed by atoms with Crippen molar-refractivity contribution >= 4 is 11.6 Å². The van der Waals surface area contributed by atoms with Gasteiger partial charge in [0.05, 0.1) is 10.7 Å². The minimum absolute atomic E-state index is 0.0207. The van der Waals surface area contributed by atoms with Crippen LogP contribution >= 0.6 is 11.6 Å². The Morgan fingerprint density at radius 1 is 1.21 bits per heavy atom. The van der Waals surface area contributed by atoms with E-state index in [0.717, 1.165) is 10.6 Å². The summed E-state index contributed by atoms with van der Waals surface area (Å²) >= 11 is 5.75. The van der Waals surface area contributed by atoms with Crippen molar-refractivity contribution in [3.05, 3.63) is 86.2 Å². The molecule has 0 radical (unpaired) electrons. The van der Waals surface area contributed by atoms with Crippen LogP contribution in [0.15, 0.2) is 58.4 Å². The highest BCUT2D eigenvalue weighted by Crippen LogP contribution is 2.11. The van der Waals surface area contributed by atoms with Gasteiger partial charge in [0.1, 0.15) is 18.0 Å². The molecule has 0 aromatic carbocycles. The fourth-order valence-corrected chi connectivity index (χ4v) is 2.14. The van der Waals surface area contributed by atoms with Crippen LogP contribution in [0.4, 0.5) is 4.39 Å². The number of nitrogens with zero attached hydrogens (tertiary/aromatic N) is 2. The normalized spacial score (nSPS) is 10.6. The highest BCUT2D eigenvalue weighted by atomic mass is 35.5. The highest BCUT2D eigenvalue weighted by Gasteiger charge is 2.07. The molecule has 1 N–H and O–H groups in total. The van der Waals surface area contributed by atoms with Crippen molar-refractivity contribution in [2.75, 3.05) is 0 Å². The van der Waals surface area contributed by atoms with Gasteiger partial charge in [0.25, 0.3) is 11.1 Å². The molecule has 0 aliphatic heterocycles. The number of hydrogen-bond acceptors (Lipinski definition) is 4. The average molecular weight is 348 g/mol. The summed E-state index contributed by atoms with van der Waals surface area (Å²) in [5.41, 5.74) is -0.504. The zero-order chi connectivity index (χ0) is 17.1. The highest BCUT2D eigenvalue weighted by molar-refractivity contribution is 6.30. The SMILES string of the molecule is O=c1[nH]c(F)ccc1-n1ccc(OCc2ccc(Cl)cn2)cc1=O. The van der Waals surface area contributed by atoms with Crippen molar-refractivity contribution in [3.8, 4) is 11.4 Å². The second-order valence-electron chi connectivity index (χ2n) is 4.85. The molecular formula is C16H11ClFN3O3. The number of H-pyrrole nitrogens is 1. The first kappa shape index (κ1) is 15.9. The molecular weight excluding hydrogens is 337 g/mol. The standard InChI is InChI=1S/C16H11ClFN3O3/c17-10-1-2-11(19-8-10)9-24-12-5-6-21(15(22)7-12)13-3-4-14(18)20-16(13)23/h1-8H,9H2,(H,20,23). The molecule has 122 valence electrons. The van der Waals surface area contributed by atoms with E-state index < -0.39 is 17.1 Å². The molecule has 3 aromatic rings. The third-order valence-electron chi connectivity index (χ3n) is 3.18. The number of rotatable bonds is 4. The van der Waals surface area contributed by atoms with E-state index in [1.165, 1.54) is 30.6 Å². The van der Waals surface area contributed by atoms with Gasteiger partial charge in [-0.05, 0) is 30.3 Å². The Kier molecular flexibility index (Phi) is 4.43. The molecule has 0 atom stereocenters. The van der Waals surface area contributed by atoms with Crippen molar-refractivity contribution in [1.29, 1.82) is 0 Å². The molecule has 0 spiro atoms. The van der Waals surface area contributed by atoms with E-state index in [1.807, 2.05) is 4.98 Å². The first-order chi connectivity index (χ1) is 11.5. The molecule has 8 heteroatoms. The van der Waals surface area contributed by atoms with Crippen molar-refractivity contribution < 1.29 is 9.13 Å². The van der Waals surface area contributed by atoms with Crippen LogP contribution in [0.25, 0.3) is 5.69 Å². The van der Waals surface area contributed by atoms with Crippen molar-refractivity contribution in [3.63, 3.8) is 0 Å². The molecule has 0 unspecified atom stereocenters. The third kappa shape index (κ3) is 3.52. The van der Waals surface area contributed by atoms with Gasteiger partial charge in [0.15, 0.2) is 5.95 Å². The minimum atomic E-state index is -0.771. The van der Waals surface area contributed by atoms with Gasteiger partial charge in [-0.3, -0.25) is 24.1 Å². The van der Waals surface area contributed by atoms with Crippen LogP contribution in [0.1, 0.15) is 5.69 Å². The molecule has 0 fully saturated rings. The fourth-order valence-electron chi connectivity index (χ4n) is 2.03. The summed E-state index contributed by atoms with van der Waals surface area (Å²) in [5, 5.41) is 0.519. The van der Waals surface area contributed by atoms with E-state index in [2.05, 4.69) is 4.98 Å². The lowest BCUT2D eigenvalue weighted by atomic mass is 10.3. The summed E-state index contributed by atoms with van der Waals surface area (Å²) in [7, 11) is 0. The molecule has 3 aromatic heterocycles. The van der Waals surface area contributed by atoms with Gasteiger partial charge in [0.2, 0.25) is 0 Å². The van der Waals surface area contributed by atoms with Crippen LogP contribution in [-0.4, -0.2) is 14.5 Å². The van der Waals surface area contributed by atoms with Crippen LogP contribution in [0, 0.1) is 5.95 Å². The van der Waals surface area contributed by atoms with Crippen LogP contribution in [-0.2, 0) is 6.61 Å². The zero-order valence-corrected chi connectivity index (χ0v) is 13.0. The summed E-state index contributed by atoms with van der Waals surface area (Å²) in [4.78, 5) is 29.9.